The van der Waals surface area contributed by atoms with Gasteiger partial charge in [-0.25, -0.2) is 5.11 Å². The van der Waals surface area contributed by atoms with Crippen molar-refractivity contribution in [2.24, 2.45) is 0 Å². The molecule has 1 saturated heterocycles. The highest BCUT2D eigenvalue weighted by molar-refractivity contribution is 6.20. The SMILES string of the molecule is [O]C(Cl)C1CO1. The van der Waals surface area contributed by atoms with Crippen LogP contribution in [-0.2, 0) is 9.84 Å². The highest BCUT2D eigenvalue weighted by atomic mass is 35.5. The molecule has 0 saturated carbocycles. The Morgan fingerprint density at radius 1 is 2.00 bits per heavy atom. The molecule has 0 amide bonds. The van der Waals surface area contributed by atoms with E-state index < -0.39 is 5.56 Å². The number of alkyl halides is 1. The Morgan fingerprint density at radius 3 is 2.50 bits per heavy atom. The summed E-state index contributed by atoms with van der Waals surface area (Å²) in [4.78, 5) is 0. The van der Waals surface area contributed by atoms with Gasteiger partial charge in [-0.1, -0.05) is 11.6 Å². The lowest BCUT2D eigenvalue weighted by atomic mass is 10.5. The van der Waals surface area contributed by atoms with E-state index >= 15 is 0 Å². The van der Waals surface area contributed by atoms with Crippen molar-refractivity contribution in [2.75, 3.05) is 6.61 Å². The lowest BCUT2D eigenvalue weighted by molar-refractivity contribution is 0.127. The normalized spacial score (nSPS) is 36.0. The molecule has 0 aromatic rings. The number of hydrogen-bond acceptors (Lipinski definition) is 1. The highest BCUT2D eigenvalue weighted by Crippen LogP contribution is 2.16. The molecule has 2 atom stereocenters. The lowest BCUT2D eigenvalue weighted by Gasteiger charge is -1.83. The average Bonchev–Trinajstić information content (AvgIpc) is 2.06. The van der Waals surface area contributed by atoms with E-state index in [4.69, 9.17) is 11.6 Å². The van der Waals surface area contributed by atoms with Gasteiger partial charge < -0.3 is 4.74 Å². The maximum Gasteiger partial charge on any atom is 0.194 e. The van der Waals surface area contributed by atoms with Crippen molar-refractivity contribution >= 4 is 11.6 Å². The molecule has 1 rings (SSSR count). The van der Waals surface area contributed by atoms with E-state index in [-0.39, 0.29) is 6.10 Å². The van der Waals surface area contributed by atoms with Crippen molar-refractivity contribution in [2.45, 2.75) is 11.7 Å². The quantitative estimate of drug-likeness (QED) is 0.352. The molecule has 0 aromatic carbocycles. The van der Waals surface area contributed by atoms with Crippen molar-refractivity contribution in [1.29, 1.82) is 0 Å². The van der Waals surface area contributed by atoms with E-state index in [0.717, 1.165) is 0 Å². The molecule has 1 radical (unpaired) electrons. The number of rotatable bonds is 1. The first kappa shape index (κ1) is 4.37. The zero-order valence-corrected chi connectivity index (χ0v) is 3.81. The molecule has 1 heterocycles. The van der Waals surface area contributed by atoms with Crippen LogP contribution < -0.4 is 0 Å². The molecule has 6 heavy (non-hydrogen) atoms. The van der Waals surface area contributed by atoms with E-state index in [1.165, 1.54) is 0 Å². The molecule has 2 nitrogen and oxygen atoms in total. The molecular formula is C3H4ClO2. The van der Waals surface area contributed by atoms with Gasteiger partial charge in [0.1, 0.15) is 6.10 Å². The third kappa shape index (κ3) is 0.834. The van der Waals surface area contributed by atoms with Gasteiger partial charge in [0, 0.05) is 0 Å². The number of halogens is 1. The van der Waals surface area contributed by atoms with Crippen molar-refractivity contribution in [3.63, 3.8) is 0 Å². The molecule has 1 aliphatic heterocycles. The monoisotopic (exact) mass is 107 g/mol. The fourth-order valence-electron chi connectivity index (χ4n) is 0.207. The molecule has 3 heteroatoms. The zero-order valence-electron chi connectivity index (χ0n) is 3.06. The van der Waals surface area contributed by atoms with Gasteiger partial charge in [-0.3, -0.25) is 0 Å². The summed E-state index contributed by atoms with van der Waals surface area (Å²) in [6.07, 6.45) is -0.188. The number of epoxide rings is 1. The summed E-state index contributed by atoms with van der Waals surface area (Å²) < 4.78 is 4.53. The molecule has 0 bridgehead atoms. The Kier molecular flexibility index (Phi) is 0.998. The van der Waals surface area contributed by atoms with Gasteiger partial charge in [0.05, 0.1) is 6.61 Å². The summed E-state index contributed by atoms with van der Waals surface area (Å²) in [6, 6.07) is 0. The van der Waals surface area contributed by atoms with Crippen LogP contribution in [0.4, 0.5) is 0 Å². The minimum absolute atomic E-state index is 0.188. The molecule has 0 spiro atoms. The van der Waals surface area contributed by atoms with Gasteiger partial charge >= 0.3 is 0 Å². The summed E-state index contributed by atoms with van der Waals surface area (Å²) in [5, 5.41) is 9.93. The van der Waals surface area contributed by atoms with Crippen LogP contribution in [0.3, 0.4) is 0 Å². The van der Waals surface area contributed by atoms with Gasteiger partial charge in [-0.2, -0.15) is 0 Å². The Hall–Kier alpha value is 0.210. The Bertz CT molecular complexity index is 50.8. The van der Waals surface area contributed by atoms with Gasteiger partial charge in [0.2, 0.25) is 0 Å². The Morgan fingerprint density at radius 2 is 2.50 bits per heavy atom. The van der Waals surface area contributed by atoms with E-state index in [2.05, 4.69) is 4.74 Å². The molecule has 0 aliphatic carbocycles. The van der Waals surface area contributed by atoms with Crippen molar-refractivity contribution in [3.8, 4) is 0 Å². The number of ether oxygens (including phenoxy) is 1. The summed E-state index contributed by atoms with van der Waals surface area (Å²) >= 11 is 4.99. The minimum Gasteiger partial charge on any atom is -0.369 e. The van der Waals surface area contributed by atoms with Gasteiger partial charge in [-0.05, 0) is 0 Å². The molecule has 0 N–H and O–H groups in total. The largest absolute Gasteiger partial charge is 0.369 e. The van der Waals surface area contributed by atoms with Crippen molar-refractivity contribution in [3.05, 3.63) is 0 Å². The lowest BCUT2D eigenvalue weighted by Crippen LogP contribution is -2.01. The third-order valence-electron chi connectivity index (χ3n) is 0.651. The topological polar surface area (TPSA) is 32.4 Å². The molecule has 1 aliphatic rings. The summed E-state index contributed by atoms with van der Waals surface area (Å²) in [5.74, 6) is 0. The Balaban J connectivity index is 2.13. The predicted octanol–water partition coefficient (Wildman–Crippen LogP) is 0.381. The van der Waals surface area contributed by atoms with Gasteiger partial charge in [0.15, 0.2) is 5.56 Å². The highest BCUT2D eigenvalue weighted by Gasteiger charge is 2.30. The van der Waals surface area contributed by atoms with Crippen molar-refractivity contribution < 1.29 is 9.84 Å². The van der Waals surface area contributed by atoms with Crippen molar-refractivity contribution in [1.82, 2.24) is 0 Å². The van der Waals surface area contributed by atoms with Crippen LogP contribution in [0, 0.1) is 0 Å². The predicted molar refractivity (Wildman–Crippen MR) is 20.1 cm³/mol. The maximum atomic E-state index is 9.93. The zero-order chi connectivity index (χ0) is 4.57. The number of hydrogen-bond donors (Lipinski definition) is 0. The van der Waals surface area contributed by atoms with Crippen LogP contribution >= 0.6 is 11.6 Å². The smallest absolute Gasteiger partial charge is 0.194 e. The van der Waals surface area contributed by atoms with Crippen LogP contribution in [0.25, 0.3) is 0 Å². The fourth-order valence-corrected chi connectivity index (χ4v) is 0.352. The standard InChI is InChI=1S/C3H4ClO2/c4-3(5)2-1-6-2/h2-3H,1H2. The minimum atomic E-state index is -1.04. The fraction of sp³-hybridized carbons (Fsp3) is 1.00. The van der Waals surface area contributed by atoms with Gasteiger partial charge in [-0.15, -0.1) is 0 Å². The molecule has 35 valence electrons. The van der Waals surface area contributed by atoms with Crippen LogP contribution in [0.1, 0.15) is 0 Å². The van der Waals surface area contributed by atoms with Crippen LogP contribution in [-0.4, -0.2) is 18.3 Å². The first-order valence-electron chi connectivity index (χ1n) is 1.72. The van der Waals surface area contributed by atoms with E-state index in [9.17, 15) is 5.11 Å². The second-order valence-corrected chi connectivity index (χ2v) is 1.65. The maximum absolute atomic E-state index is 9.93. The summed E-state index contributed by atoms with van der Waals surface area (Å²) in [6.45, 7) is 0.553. The molecular weight excluding hydrogens is 103 g/mol. The molecule has 1 fully saturated rings. The van der Waals surface area contributed by atoms with Crippen LogP contribution in [0.2, 0.25) is 0 Å². The second kappa shape index (κ2) is 1.37. The van der Waals surface area contributed by atoms with E-state index in [1.54, 1.807) is 0 Å². The summed E-state index contributed by atoms with van der Waals surface area (Å²) in [5.41, 5.74) is -1.04. The Labute approximate surface area is 40.7 Å². The van der Waals surface area contributed by atoms with Gasteiger partial charge in [0.25, 0.3) is 0 Å². The molecule has 2 unspecified atom stereocenters. The first-order chi connectivity index (χ1) is 2.80. The van der Waals surface area contributed by atoms with E-state index in [0.29, 0.717) is 6.61 Å². The average molecular weight is 108 g/mol. The summed E-state index contributed by atoms with van der Waals surface area (Å²) in [7, 11) is 0. The van der Waals surface area contributed by atoms with E-state index in [1.807, 2.05) is 0 Å². The second-order valence-electron chi connectivity index (χ2n) is 1.22. The third-order valence-corrected chi connectivity index (χ3v) is 0.932. The molecule has 0 aromatic heterocycles. The first-order valence-corrected chi connectivity index (χ1v) is 2.16. The van der Waals surface area contributed by atoms with Crippen LogP contribution in [0.15, 0.2) is 0 Å². The van der Waals surface area contributed by atoms with Crippen LogP contribution in [0.5, 0.6) is 0 Å².